The minimum Gasteiger partial charge on any atom is -0.469 e. The Balaban J connectivity index is 1.73. The van der Waals surface area contributed by atoms with E-state index in [1.54, 1.807) is 12.4 Å². The molecule has 0 radical (unpaired) electrons. The normalized spacial score (nSPS) is 38.1. The van der Waals surface area contributed by atoms with Crippen molar-refractivity contribution in [2.75, 3.05) is 13.7 Å². The van der Waals surface area contributed by atoms with Crippen LogP contribution in [0.2, 0.25) is 0 Å². The Bertz CT molecular complexity index is 886. The lowest BCUT2D eigenvalue weighted by Crippen LogP contribution is -2.64. The lowest BCUT2D eigenvalue weighted by Gasteiger charge is -2.60. The van der Waals surface area contributed by atoms with E-state index in [2.05, 4.69) is 4.98 Å². The maximum Gasteiger partial charge on any atom is 0.309 e. The first-order valence-electron chi connectivity index (χ1n) is 10.2. The number of methoxy groups -OCH3 is 1. The van der Waals surface area contributed by atoms with Crippen molar-refractivity contribution in [1.82, 2.24) is 9.55 Å². The predicted molar refractivity (Wildman–Crippen MR) is 108 cm³/mol. The number of ketones is 1. The zero-order valence-corrected chi connectivity index (χ0v) is 18.1. The molecule has 1 saturated heterocycles. The number of imidazole rings is 1. The van der Waals surface area contributed by atoms with E-state index in [1.165, 1.54) is 18.0 Å². The number of cyclic esters (lactones) is 1. The molecule has 0 bridgehead atoms. The summed E-state index contributed by atoms with van der Waals surface area (Å²) < 4.78 is 17.8. The molecule has 4 rings (SSSR count). The van der Waals surface area contributed by atoms with Gasteiger partial charge in [-0.2, -0.15) is 0 Å². The Morgan fingerprint density at radius 3 is 2.73 bits per heavy atom. The molecule has 6 atom stereocenters. The van der Waals surface area contributed by atoms with Crippen LogP contribution in [-0.4, -0.2) is 52.3 Å². The van der Waals surface area contributed by atoms with E-state index in [0.29, 0.717) is 19.3 Å². The molecule has 162 valence electrons. The monoisotopic (exact) mass is 434 g/mol. The molecular weight excluding hydrogens is 408 g/mol. The Kier molecular flexibility index (Phi) is 5.20. The van der Waals surface area contributed by atoms with E-state index in [0.717, 1.165) is 0 Å². The van der Waals surface area contributed by atoms with Gasteiger partial charge < -0.3 is 14.2 Å². The van der Waals surface area contributed by atoms with E-state index < -0.39 is 28.8 Å². The summed E-state index contributed by atoms with van der Waals surface area (Å²) in [4.78, 5) is 43.0. The molecule has 2 aliphatic carbocycles. The summed E-state index contributed by atoms with van der Waals surface area (Å²) in [5.74, 6) is -2.17. The van der Waals surface area contributed by atoms with Crippen LogP contribution in [0.25, 0.3) is 0 Å². The van der Waals surface area contributed by atoms with E-state index in [-0.39, 0.29) is 41.8 Å². The van der Waals surface area contributed by atoms with Crippen molar-refractivity contribution in [1.29, 1.82) is 0 Å². The molecule has 0 amide bonds. The van der Waals surface area contributed by atoms with Gasteiger partial charge in [0.25, 0.3) is 5.17 Å². The number of Topliss-reactive ketones (excluding diaryl/α,β-unsaturated/α-hetero) is 1. The molecule has 3 aliphatic rings. The van der Waals surface area contributed by atoms with Crippen molar-refractivity contribution in [3.8, 4) is 0 Å². The van der Waals surface area contributed by atoms with Crippen LogP contribution in [-0.2, 0) is 28.6 Å². The van der Waals surface area contributed by atoms with Crippen LogP contribution >= 0.6 is 12.2 Å². The first-order chi connectivity index (χ1) is 14.2. The van der Waals surface area contributed by atoms with Crippen LogP contribution in [0.15, 0.2) is 18.7 Å². The fourth-order valence-electron chi connectivity index (χ4n) is 6.04. The number of thiocarbonyl (C=S) groups is 1. The van der Waals surface area contributed by atoms with Crippen molar-refractivity contribution in [2.45, 2.75) is 45.6 Å². The number of nitrogens with zero attached hydrogens (tertiary/aromatic N) is 2. The van der Waals surface area contributed by atoms with Crippen LogP contribution < -0.4 is 0 Å². The lowest BCUT2D eigenvalue weighted by molar-refractivity contribution is -0.198. The number of aromatic nitrogens is 2. The summed E-state index contributed by atoms with van der Waals surface area (Å²) in [5.41, 5.74) is -1.23. The number of carbonyl (C=O) groups is 3. The molecule has 3 fully saturated rings. The highest BCUT2D eigenvalue weighted by Gasteiger charge is 2.66. The minimum absolute atomic E-state index is 0.0960. The number of esters is 2. The van der Waals surface area contributed by atoms with Gasteiger partial charge in [0, 0.05) is 24.7 Å². The smallest absolute Gasteiger partial charge is 0.309 e. The Hall–Kier alpha value is -2.29. The molecule has 0 spiro atoms. The number of hydrogen-bond donors (Lipinski definition) is 0. The van der Waals surface area contributed by atoms with Crippen molar-refractivity contribution in [2.24, 2.45) is 28.6 Å². The van der Waals surface area contributed by atoms with Crippen molar-refractivity contribution in [3.63, 3.8) is 0 Å². The second kappa shape index (κ2) is 7.44. The number of fused-ring (bicyclic) bond motifs is 3. The van der Waals surface area contributed by atoms with Crippen LogP contribution in [0.5, 0.6) is 0 Å². The zero-order valence-electron chi connectivity index (χ0n) is 17.3. The van der Waals surface area contributed by atoms with Crippen molar-refractivity contribution >= 4 is 35.1 Å². The SMILES string of the molecule is COC(=O)[C@@H]1C[C@H](OC(=S)n2ccnc2)C(=O)[C@H]2[C@@]1(C)CC[C@H]1C(=O)OCC[C@]21C. The van der Waals surface area contributed by atoms with Crippen LogP contribution in [0.4, 0.5) is 0 Å². The predicted octanol–water partition coefficient (Wildman–Crippen LogP) is 2.15. The quantitative estimate of drug-likeness (QED) is 0.516. The molecular formula is C21H26N2O6S. The maximum absolute atomic E-state index is 13.8. The van der Waals surface area contributed by atoms with Gasteiger partial charge in [-0.15, -0.1) is 0 Å². The molecule has 30 heavy (non-hydrogen) atoms. The van der Waals surface area contributed by atoms with Crippen LogP contribution in [0.1, 0.15) is 39.5 Å². The molecule has 8 nitrogen and oxygen atoms in total. The van der Waals surface area contributed by atoms with Gasteiger partial charge in [-0.1, -0.05) is 13.8 Å². The zero-order chi connectivity index (χ0) is 21.7. The van der Waals surface area contributed by atoms with E-state index >= 15 is 0 Å². The minimum atomic E-state index is -0.893. The average Bonchev–Trinajstić information content (AvgIpc) is 3.24. The fraction of sp³-hybridized carbons (Fsp3) is 0.667. The largest absolute Gasteiger partial charge is 0.469 e. The summed E-state index contributed by atoms with van der Waals surface area (Å²) in [6.07, 6.45) is 5.71. The van der Waals surface area contributed by atoms with Crippen molar-refractivity contribution < 1.29 is 28.6 Å². The number of carbonyl (C=O) groups excluding carboxylic acids is 3. The summed E-state index contributed by atoms with van der Waals surface area (Å²) in [7, 11) is 1.36. The summed E-state index contributed by atoms with van der Waals surface area (Å²) in [5, 5.41) is 0.0960. The molecule has 0 aromatic carbocycles. The average molecular weight is 435 g/mol. The molecule has 0 unspecified atom stereocenters. The third kappa shape index (κ3) is 3.05. The van der Waals surface area contributed by atoms with Gasteiger partial charge in [0.15, 0.2) is 11.9 Å². The topological polar surface area (TPSA) is 96.7 Å². The molecule has 2 saturated carbocycles. The Morgan fingerprint density at radius 1 is 1.30 bits per heavy atom. The Labute approximate surface area is 180 Å². The number of ether oxygens (including phenoxy) is 3. The molecule has 1 aromatic rings. The third-order valence-corrected chi connectivity index (χ3v) is 7.85. The van der Waals surface area contributed by atoms with E-state index in [1.807, 2.05) is 13.8 Å². The second-order valence-electron chi connectivity index (χ2n) is 9.01. The van der Waals surface area contributed by atoms with Crippen LogP contribution in [0, 0.1) is 28.6 Å². The molecule has 1 aromatic heterocycles. The summed E-state index contributed by atoms with van der Waals surface area (Å²) in [6.45, 7) is 4.22. The Morgan fingerprint density at radius 2 is 2.07 bits per heavy atom. The number of hydrogen-bond acceptors (Lipinski definition) is 8. The first-order valence-corrected chi connectivity index (χ1v) is 10.6. The number of rotatable bonds is 2. The molecule has 1 aliphatic heterocycles. The van der Waals surface area contributed by atoms with E-state index in [9.17, 15) is 14.4 Å². The lowest BCUT2D eigenvalue weighted by atomic mass is 9.43. The first kappa shape index (κ1) is 21.0. The summed E-state index contributed by atoms with van der Waals surface area (Å²) in [6, 6.07) is 0. The highest BCUT2D eigenvalue weighted by molar-refractivity contribution is 7.80. The van der Waals surface area contributed by atoms with Crippen LogP contribution in [0.3, 0.4) is 0 Å². The second-order valence-corrected chi connectivity index (χ2v) is 9.36. The molecule has 9 heteroatoms. The third-order valence-electron chi connectivity index (χ3n) is 7.55. The van der Waals surface area contributed by atoms with Gasteiger partial charge in [0.1, 0.15) is 6.33 Å². The molecule has 2 heterocycles. The highest BCUT2D eigenvalue weighted by Crippen LogP contribution is 2.63. The summed E-state index contributed by atoms with van der Waals surface area (Å²) >= 11 is 5.33. The van der Waals surface area contributed by atoms with Gasteiger partial charge in [-0.05, 0) is 42.3 Å². The van der Waals surface area contributed by atoms with Gasteiger partial charge in [0.05, 0.1) is 25.6 Å². The van der Waals surface area contributed by atoms with Gasteiger partial charge in [0.2, 0.25) is 0 Å². The standard InChI is InChI=1S/C21H26N2O6S/c1-20-5-4-12-18(26)28-9-6-21(12,2)16(20)15(24)14(10-13(20)17(25)27-3)29-19(30)23-8-7-22-11-23/h7-8,11-14,16H,4-6,9-10H2,1-3H3/t12-,13-,14-,16-,20-,21-/m0/s1. The molecule has 0 N–H and O–H groups in total. The van der Waals surface area contributed by atoms with Gasteiger partial charge in [-0.3, -0.25) is 19.0 Å². The highest BCUT2D eigenvalue weighted by atomic mass is 32.1. The fourth-order valence-corrected chi connectivity index (χ4v) is 6.26. The van der Waals surface area contributed by atoms with Gasteiger partial charge >= 0.3 is 11.9 Å². The van der Waals surface area contributed by atoms with E-state index in [4.69, 9.17) is 26.4 Å². The van der Waals surface area contributed by atoms with Crippen molar-refractivity contribution in [3.05, 3.63) is 18.7 Å². The maximum atomic E-state index is 13.8. The van der Waals surface area contributed by atoms with Gasteiger partial charge in [-0.25, -0.2) is 4.98 Å².